The third-order valence-electron chi connectivity index (χ3n) is 4.25. The molecule has 4 nitrogen and oxygen atoms in total. The van der Waals surface area contributed by atoms with Gasteiger partial charge in [-0.25, -0.2) is 0 Å². The largest absolute Gasteiger partial charge is 0.507 e. The van der Waals surface area contributed by atoms with Gasteiger partial charge in [0.25, 0.3) is 0 Å². The van der Waals surface area contributed by atoms with Gasteiger partial charge in [-0.2, -0.15) is 0 Å². The third-order valence-corrected chi connectivity index (χ3v) is 4.25. The first kappa shape index (κ1) is 17.5. The first-order chi connectivity index (χ1) is 11.4. The van der Waals surface area contributed by atoms with Gasteiger partial charge in [-0.05, 0) is 40.6 Å². The summed E-state index contributed by atoms with van der Waals surface area (Å²) >= 11 is 0. The van der Waals surface area contributed by atoms with E-state index in [1.165, 1.54) is 12.1 Å². The Morgan fingerprint density at radius 2 is 1.96 bits per heavy atom. The summed E-state index contributed by atoms with van der Waals surface area (Å²) in [4.78, 5) is 10.6. The predicted molar refractivity (Wildman–Crippen MR) is 101 cm³/mol. The molecular formula is C20H22N2O2. The number of benzene rings is 2. The monoisotopic (exact) mass is 322 g/mol. The maximum atomic E-state index is 10.6. The molecule has 0 unspecified atom stereocenters. The summed E-state index contributed by atoms with van der Waals surface area (Å²) in [7, 11) is 1.89. The van der Waals surface area contributed by atoms with E-state index >= 15 is 0 Å². The second-order valence-corrected chi connectivity index (χ2v) is 6.11. The molecule has 0 aliphatic rings. The Labute approximate surface area is 142 Å². The molecule has 0 saturated carbocycles. The van der Waals surface area contributed by atoms with Crippen LogP contribution < -0.4 is 5.32 Å². The van der Waals surface area contributed by atoms with Crippen LogP contribution in [0.4, 0.5) is 11.4 Å². The van der Waals surface area contributed by atoms with Crippen molar-refractivity contribution in [3.8, 4) is 5.75 Å². The highest BCUT2D eigenvalue weighted by Crippen LogP contribution is 2.36. The zero-order valence-electron chi connectivity index (χ0n) is 14.2. The summed E-state index contributed by atoms with van der Waals surface area (Å²) < 4.78 is 0. The molecule has 2 rings (SSSR count). The Morgan fingerprint density at radius 1 is 1.25 bits per heavy atom. The Bertz CT molecular complexity index is 792. The number of phenolic OH excluding ortho intramolecular Hbond substituents is 1. The maximum absolute atomic E-state index is 10.6. The molecule has 0 aliphatic carbocycles. The molecule has 2 aromatic carbocycles. The van der Waals surface area contributed by atoms with Gasteiger partial charge in [-0.3, -0.25) is 0 Å². The SMILES string of the molecule is C=C(/C=C/c1cc(N=O)ccc1O)C(C)(C)c1ccccc1NC. The fraction of sp³-hybridized carbons (Fsp3) is 0.200. The highest BCUT2D eigenvalue weighted by Gasteiger charge is 2.25. The first-order valence-electron chi connectivity index (χ1n) is 7.71. The van der Waals surface area contributed by atoms with Crippen molar-refractivity contribution in [3.63, 3.8) is 0 Å². The summed E-state index contributed by atoms with van der Waals surface area (Å²) in [5.74, 6) is 0.0971. The van der Waals surface area contributed by atoms with Crippen molar-refractivity contribution < 1.29 is 5.11 Å². The van der Waals surface area contributed by atoms with E-state index in [0.717, 1.165) is 16.8 Å². The number of anilines is 1. The van der Waals surface area contributed by atoms with Crippen LogP contribution in [0.25, 0.3) is 6.08 Å². The fourth-order valence-corrected chi connectivity index (χ4v) is 2.55. The molecular weight excluding hydrogens is 300 g/mol. The zero-order chi connectivity index (χ0) is 17.7. The van der Waals surface area contributed by atoms with Crippen LogP contribution in [0.15, 0.2) is 65.9 Å². The van der Waals surface area contributed by atoms with Crippen LogP contribution in [0.1, 0.15) is 25.0 Å². The van der Waals surface area contributed by atoms with Gasteiger partial charge in [0, 0.05) is 23.7 Å². The van der Waals surface area contributed by atoms with Crippen LogP contribution in [0, 0.1) is 4.91 Å². The summed E-state index contributed by atoms with van der Waals surface area (Å²) in [6.07, 6.45) is 3.60. The molecule has 0 aliphatic heterocycles. The molecule has 0 atom stereocenters. The molecule has 0 heterocycles. The van der Waals surface area contributed by atoms with Crippen LogP contribution in [0.3, 0.4) is 0 Å². The number of nitroso groups, excluding NO2 is 1. The highest BCUT2D eigenvalue weighted by molar-refractivity contribution is 5.65. The fourth-order valence-electron chi connectivity index (χ4n) is 2.55. The van der Waals surface area contributed by atoms with Crippen molar-refractivity contribution in [1.82, 2.24) is 0 Å². The van der Waals surface area contributed by atoms with Crippen LogP contribution >= 0.6 is 0 Å². The summed E-state index contributed by atoms with van der Waals surface area (Å²) in [5.41, 5.74) is 3.58. The third kappa shape index (κ3) is 3.54. The number of nitrogens with one attached hydrogen (secondary N) is 1. The van der Waals surface area contributed by atoms with Crippen LogP contribution in [-0.4, -0.2) is 12.2 Å². The van der Waals surface area contributed by atoms with Crippen LogP contribution in [0.2, 0.25) is 0 Å². The smallest absolute Gasteiger partial charge is 0.122 e. The number of nitrogens with zero attached hydrogens (tertiary/aromatic N) is 1. The van der Waals surface area contributed by atoms with Gasteiger partial charge >= 0.3 is 0 Å². The maximum Gasteiger partial charge on any atom is 0.122 e. The second kappa shape index (κ2) is 7.13. The number of aromatic hydroxyl groups is 1. The van der Waals surface area contributed by atoms with Crippen molar-refractivity contribution in [2.45, 2.75) is 19.3 Å². The van der Waals surface area contributed by atoms with Gasteiger partial charge in [-0.1, -0.05) is 50.8 Å². The van der Waals surface area contributed by atoms with Gasteiger partial charge in [0.2, 0.25) is 0 Å². The minimum absolute atomic E-state index is 0.0971. The Kier molecular flexibility index (Phi) is 5.19. The lowest BCUT2D eigenvalue weighted by molar-refractivity contribution is 0.474. The minimum atomic E-state index is -0.299. The zero-order valence-corrected chi connectivity index (χ0v) is 14.2. The molecule has 0 radical (unpaired) electrons. The number of para-hydroxylation sites is 1. The van der Waals surface area contributed by atoms with E-state index in [9.17, 15) is 10.0 Å². The summed E-state index contributed by atoms with van der Waals surface area (Å²) in [6.45, 7) is 8.38. The molecule has 0 saturated heterocycles. The van der Waals surface area contributed by atoms with E-state index in [1.54, 1.807) is 12.1 Å². The van der Waals surface area contributed by atoms with Gasteiger partial charge in [0.05, 0.1) is 0 Å². The quantitative estimate of drug-likeness (QED) is 0.554. The molecule has 0 aromatic heterocycles. The average molecular weight is 322 g/mol. The van der Waals surface area contributed by atoms with Crippen molar-refractivity contribution >= 4 is 17.5 Å². The average Bonchev–Trinajstić information content (AvgIpc) is 2.60. The molecule has 0 fully saturated rings. The number of rotatable bonds is 6. The van der Waals surface area contributed by atoms with E-state index in [0.29, 0.717) is 5.56 Å². The van der Waals surface area contributed by atoms with E-state index < -0.39 is 0 Å². The van der Waals surface area contributed by atoms with Crippen molar-refractivity contribution in [3.05, 3.63) is 76.7 Å². The number of hydrogen-bond acceptors (Lipinski definition) is 4. The second-order valence-electron chi connectivity index (χ2n) is 6.11. The Balaban J connectivity index is 2.33. The summed E-state index contributed by atoms with van der Waals surface area (Å²) in [5, 5.41) is 16.0. The predicted octanol–water partition coefficient (Wildman–Crippen LogP) is 5.38. The Morgan fingerprint density at radius 3 is 2.62 bits per heavy atom. The number of phenols is 1. The molecule has 2 N–H and O–H groups in total. The van der Waals surface area contributed by atoms with E-state index in [-0.39, 0.29) is 16.9 Å². The van der Waals surface area contributed by atoms with Crippen LogP contribution in [0.5, 0.6) is 5.75 Å². The standard InChI is InChI=1S/C20H22N2O2/c1-14(9-10-15-13-16(22-24)11-12-19(15)23)20(2,3)17-7-5-6-8-18(17)21-4/h5-13,21,23H,1H2,2-4H3/b10-9+. The molecule has 0 bridgehead atoms. The van der Waals surface area contributed by atoms with Gasteiger partial charge in [0.1, 0.15) is 11.4 Å². The number of hydrogen-bond donors (Lipinski definition) is 2. The van der Waals surface area contributed by atoms with Crippen LogP contribution in [-0.2, 0) is 5.41 Å². The van der Waals surface area contributed by atoms with Gasteiger partial charge < -0.3 is 10.4 Å². The van der Waals surface area contributed by atoms with Crippen molar-refractivity contribution in [2.24, 2.45) is 5.18 Å². The van der Waals surface area contributed by atoms with E-state index in [2.05, 4.69) is 37.0 Å². The lowest BCUT2D eigenvalue weighted by Gasteiger charge is -2.28. The normalized spacial score (nSPS) is 11.5. The molecule has 0 spiro atoms. The topological polar surface area (TPSA) is 61.7 Å². The molecule has 0 amide bonds. The highest BCUT2D eigenvalue weighted by atomic mass is 16.3. The van der Waals surface area contributed by atoms with Crippen molar-refractivity contribution in [1.29, 1.82) is 0 Å². The molecule has 24 heavy (non-hydrogen) atoms. The summed E-state index contributed by atoms with van der Waals surface area (Å²) in [6, 6.07) is 12.6. The lowest BCUT2D eigenvalue weighted by atomic mass is 9.77. The minimum Gasteiger partial charge on any atom is -0.507 e. The molecule has 4 heteroatoms. The van der Waals surface area contributed by atoms with E-state index in [4.69, 9.17) is 0 Å². The van der Waals surface area contributed by atoms with Gasteiger partial charge in [-0.15, -0.1) is 4.91 Å². The number of allylic oxidation sites excluding steroid dienone is 2. The first-order valence-corrected chi connectivity index (χ1v) is 7.71. The molecule has 124 valence electrons. The molecule has 2 aromatic rings. The van der Waals surface area contributed by atoms with Gasteiger partial charge in [0.15, 0.2) is 0 Å². The van der Waals surface area contributed by atoms with E-state index in [1.807, 2.05) is 31.3 Å². The lowest BCUT2D eigenvalue weighted by Crippen LogP contribution is -2.20. The Hall–Kier alpha value is -2.88. The van der Waals surface area contributed by atoms with Crippen molar-refractivity contribution in [2.75, 3.05) is 12.4 Å².